The summed E-state index contributed by atoms with van der Waals surface area (Å²) in [5.41, 5.74) is 3.90. The van der Waals surface area contributed by atoms with Crippen LogP contribution >= 0.6 is 27.5 Å². The second-order valence-electron chi connectivity index (χ2n) is 4.65. The van der Waals surface area contributed by atoms with E-state index in [2.05, 4.69) is 15.9 Å². The molecule has 3 heteroatoms. The van der Waals surface area contributed by atoms with E-state index in [-0.39, 0.29) is 5.78 Å². The Labute approximate surface area is 126 Å². The van der Waals surface area contributed by atoms with Crippen LogP contribution in [0.25, 0.3) is 0 Å². The first-order chi connectivity index (χ1) is 8.97. The Morgan fingerprint density at radius 2 is 1.63 bits per heavy atom. The van der Waals surface area contributed by atoms with E-state index in [1.54, 1.807) is 0 Å². The number of rotatable bonds is 3. The summed E-state index contributed by atoms with van der Waals surface area (Å²) >= 11 is 9.35. The minimum absolute atomic E-state index is 0.126. The molecule has 1 nitrogen and oxygen atoms in total. The fraction of sp³-hybridized carbons (Fsp3) is 0.188. The molecule has 0 amide bonds. The van der Waals surface area contributed by atoms with Gasteiger partial charge in [0, 0.05) is 21.5 Å². The van der Waals surface area contributed by atoms with Crippen LogP contribution in [0.1, 0.15) is 27.0 Å². The molecule has 98 valence electrons. The normalized spacial score (nSPS) is 10.5. The van der Waals surface area contributed by atoms with Crippen molar-refractivity contribution in [3.8, 4) is 0 Å². The van der Waals surface area contributed by atoms with E-state index in [0.29, 0.717) is 11.4 Å². The number of Topliss-reactive ketones (excluding diaryl/α,β-unsaturated/α-hetero) is 1. The lowest BCUT2D eigenvalue weighted by Gasteiger charge is -2.07. The molecule has 0 unspecified atom stereocenters. The minimum atomic E-state index is 0.126. The van der Waals surface area contributed by atoms with Gasteiger partial charge in [-0.25, -0.2) is 0 Å². The molecule has 0 fully saturated rings. The second kappa shape index (κ2) is 5.89. The molecule has 0 radical (unpaired) electrons. The Kier molecular flexibility index (Phi) is 4.43. The molecule has 0 aliphatic rings. The molecule has 2 aromatic rings. The van der Waals surface area contributed by atoms with Gasteiger partial charge in [0.1, 0.15) is 0 Å². The predicted molar refractivity (Wildman–Crippen MR) is 83.1 cm³/mol. The van der Waals surface area contributed by atoms with Crippen LogP contribution in [0.4, 0.5) is 0 Å². The molecular formula is C16H14BrClO. The highest BCUT2D eigenvalue weighted by Crippen LogP contribution is 2.23. The summed E-state index contributed by atoms with van der Waals surface area (Å²) in [5, 5.41) is 0.687. The maximum Gasteiger partial charge on any atom is 0.167 e. The average molecular weight is 338 g/mol. The van der Waals surface area contributed by atoms with Gasteiger partial charge in [-0.05, 0) is 54.8 Å². The number of carbonyl (C=O) groups is 1. The SMILES string of the molecule is Cc1cc(C(=O)Cc2ccc(Cl)cc2)cc(C)c1Br. The van der Waals surface area contributed by atoms with Crippen LogP contribution < -0.4 is 0 Å². The number of aryl methyl sites for hydroxylation is 2. The van der Waals surface area contributed by atoms with Gasteiger partial charge >= 0.3 is 0 Å². The molecule has 2 rings (SSSR count). The molecule has 0 N–H and O–H groups in total. The zero-order valence-corrected chi connectivity index (χ0v) is 13.2. The van der Waals surface area contributed by atoms with Crippen molar-refractivity contribution in [3.63, 3.8) is 0 Å². The minimum Gasteiger partial charge on any atom is -0.294 e. The molecule has 19 heavy (non-hydrogen) atoms. The number of halogens is 2. The molecule has 0 spiro atoms. The second-order valence-corrected chi connectivity index (χ2v) is 5.88. The zero-order chi connectivity index (χ0) is 14.0. The highest BCUT2D eigenvalue weighted by Gasteiger charge is 2.10. The van der Waals surface area contributed by atoms with Gasteiger partial charge in [-0.1, -0.05) is 39.7 Å². The zero-order valence-electron chi connectivity index (χ0n) is 10.8. The van der Waals surface area contributed by atoms with E-state index < -0.39 is 0 Å². The van der Waals surface area contributed by atoms with Gasteiger partial charge in [-0.3, -0.25) is 4.79 Å². The van der Waals surface area contributed by atoms with E-state index in [1.165, 1.54) is 0 Å². The summed E-state index contributed by atoms with van der Waals surface area (Å²) in [5.74, 6) is 0.126. The average Bonchev–Trinajstić information content (AvgIpc) is 2.38. The monoisotopic (exact) mass is 336 g/mol. The first-order valence-electron chi connectivity index (χ1n) is 6.02. The van der Waals surface area contributed by atoms with E-state index in [9.17, 15) is 4.79 Å². The van der Waals surface area contributed by atoms with Gasteiger partial charge in [0.15, 0.2) is 5.78 Å². The Hall–Kier alpha value is -1.12. The highest BCUT2D eigenvalue weighted by atomic mass is 79.9. The van der Waals surface area contributed by atoms with Gasteiger partial charge in [-0.15, -0.1) is 0 Å². The Morgan fingerprint density at radius 1 is 1.11 bits per heavy atom. The lowest BCUT2D eigenvalue weighted by atomic mass is 9.99. The van der Waals surface area contributed by atoms with E-state index in [1.807, 2.05) is 50.2 Å². The van der Waals surface area contributed by atoms with Crippen LogP contribution in [0.3, 0.4) is 0 Å². The number of ketones is 1. The first kappa shape index (κ1) is 14.3. The maximum absolute atomic E-state index is 12.3. The van der Waals surface area contributed by atoms with E-state index in [4.69, 9.17) is 11.6 Å². The summed E-state index contributed by atoms with van der Waals surface area (Å²) in [6.45, 7) is 3.99. The van der Waals surface area contributed by atoms with Crippen LogP contribution in [-0.4, -0.2) is 5.78 Å². The van der Waals surface area contributed by atoms with E-state index >= 15 is 0 Å². The van der Waals surface area contributed by atoms with Crippen LogP contribution in [-0.2, 0) is 6.42 Å². The summed E-state index contributed by atoms with van der Waals surface area (Å²) in [4.78, 5) is 12.3. The smallest absolute Gasteiger partial charge is 0.167 e. The molecule has 2 aromatic carbocycles. The van der Waals surface area contributed by atoms with Crippen molar-refractivity contribution >= 4 is 33.3 Å². The number of hydrogen-bond donors (Lipinski definition) is 0. The number of carbonyl (C=O) groups excluding carboxylic acids is 1. The lowest BCUT2D eigenvalue weighted by molar-refractivity contribution is 0.0993. The van der Waals surface area contributed by atoms with Crippen molar-refractivity contribution in [1.82, 2.24) is 0 Å². The molecule has 0 aliphatic heterocycles. The molecule has 0 bridgehead atoms. The van der Waals surface area contributed by atoms with Crippen molar-refractivity contribution in [3.05, 3.63) is 68.1 Å². The van der Waals surface area contributed by atoms with Crippen LogP contribution in [0, 0.1) is 13.8 Å². The molecule has 0 saturated carbocycles. The van der Waals surface area contributed by atoms with Crippen molar-refractivity contribution in [1.29, 1.82) is 0 Å². The van der Waals surface area contributed by atoms with Gasteiger partial charge in [0.2, 0.25) is 0 Å². The molecule has 0 aromatic heterocycles. The highest BCUT2D eigenvalue weighted by molar-refractivity contribution is 9.10. The Morgan fingerprint density at radius 3 is 2.16 bits per heavy atom. The van der Waals surface area contributed by atoms with Crippen molar-refractivity contribution in [2.24, 2.45) is 0 Å². The largest absolute Gasteiger partial charge is 0.294 e. The van der Waals surface area contributed by atoms with E-state index in [0.717, 1.165) is 26.7 Å². The third-order valence-electron chi connectivity index (χ3n) is 3.04. The molecule has 0 aliphatic carbocycles. The van der Waals surface area contributed by atoms with Gasteiger partial charge in [0.05, 0.1) is 0 Å². The van der Waals surface area contributed by atoms with Gasteiger partial charge in [0.25, 0.3) is 0 Å². The quantitative estimate of drug-likeness (QED) is 0.708. The Balaban J connectivity index is 2.23. The van der Waals surface area contributed by atoms with Crippen molar-refractivity contribution in [2.75, 3.05) is 0 Å². The maximum atomic E-state index is 12.3. The summed E-state index contributed by atoms with van der Waals surface area (Å²) < 4.78 is 1.07. The topological polar surface area (TPSA) is 17.1 Å². The third-order valence-corrected chi connectivity index (χ3v) is 4.54. The van der Waals surface area contributed by atoms with Crippen molar-refractivity contribution < 1.29 is 4.79 Å². The summed E-state index contributed by atoms with van der Waals surface area (Å²) in [7, 11) is 0. The number of benzene rings is 2. The lowest BCUT2D eigenvalue weighted by Crippen LogP contribution is -2.04. The van der Waals surface area contributed by atoms with Crippen molar-refractivity contribution in [2.45, 2.75) is 20.3 Å². The molecule has 0 atom stereocenters. The fourth-order valence-corrected chi connectivity index (χ4v) is 2.35. The summed E-state index contributed by atoms with van der Waals surface area (Å²) in [6.07, 6.45) is 0.400. The summed E-state index contributed by atoms with van der Waals surface area (Å²) in [6, 6.07) is 11.2. The van der Waals surface area contributed by atoms with Crippen LogP contribution in [0.15, 0.2) is 40.9 Å². The fourth-order valence-electron chi connectivity index (χ4n) is 2.00. The molecular weight excluding hydrogens is 324 g/mol. The Bertz CT molecular complexity index is 594. The standard InChI is InChI=1S/C16H14BrClO/c1-10-7-13(8-11(2)16(10)17)15(19)9-12-3-5-14(18)6-4-12/h3-8H,9H2,1-2H3. The van der Waals surface area contributed by atoms with Crippen LogP contribution in [0.2, 0.25) is 5.02 Å². The third kappa shape index (κ3) is 3.46. The molecule has 0 heterocycles. The van der Waals surface area contributed by atoms with Gasteiger partial charge < -0.3 is 0 Å². The predicted octanol–water partition coefficient (Wildman–Crippen LogP) is 5.14. The first-order valence-corrected chi connectivity index (χ1v) is 7.19. The van der Waals surface area contributed by atoms with Gasteiger partial charge in [-0.2, -0.15) is 0 Å². The molecule has 0 saturated heterocycles. The van der Waals surface area contributed by atoms with Crippen LogP contribution in [0.5, 0.6) is 0 Å². The number of hydrogen-bond acceptors (Lipinski definition) is 1.